The van der Waals surface area contributed by atoms with E-state index in [1.807, 2.05) is 11.3 Å². The second kappa shape index (κ2) is 7.45. The van der Waals surface area contributed by atoms with Crippen molar-refractivity contribution < 1.29 is 9.84 Å². The lowest BCUT2D eigenvalue weighted by molar-refractivity contribution is -0.162. The van der Waals surface area contributed by atoms with Crippen molar-refractivity contribution in [3.63, 3.8) is 0 Å². The molecule has 3 unspecified atom stereocenters. The third kappa shape index (κ3) is 3.13. The van der Waals surface area contributed by atoms with Crippen LogP contribution in [0.1, 0.15) is 40.8 Å². The summed E-state index contributed by atoms with van der Waals surface area (Å²) in [5.74, 6) is 0.110. The molecule has 1 N–H and O–H groups in total. The molecule has 0 amide bonds. The number of aryl methyl sites for hydroxylation is 1. The number of aliphatic hydroxyl groups is 1. The monoisotopic (exact) mass is 421 g/mol. The number of thiophene rings is 1. The van der Waals surface area contributed by atoms with Crippen LogP contribution in [-0.4, -0.2) is 37.3 Å². The standard InChI is InChI=1S/C26H31NO2S/c1-18-8-4-6-10-22(18)26(28)14-13-25(16-19(26)17-27(2)3)24-21(12-15-29-25)20-9-5-7-11-23(20)30-24/h4-11,19,28H,12-17H2,1-3H3. The van der Waals surface area contributed by atoms with Gasteiger partial charge in [0.2, 0.25) is 0 Å². The smallest absolute Gasteiger partial charge is 0.103 e. The zero-order valence-electron chi connectivity index (χ0n) is 18.1. The van der Waals surface area contributed by atoms with Gasteiger partial charge in [-0.3, -0.25) is 0 Å². The van der Waals surface area contributed by atoms with E-state index in [4.69, 9.17) is 4.74 Å². The molecule has 3 aromatic rings. The number of ether oxygens (including phenoxy) is 1. The van der Waals surface area contributed by atoms with Crippen LogP contribution >= 0.6 is 11.3 Å². The molecule has 0 bridgehead atoms. The van der Waals surface area contributed by atoms with E-state index in [2.05, 4.69) is 74.4 Å². The molecule has 158 valence electrons. The molecule has 1 spiro atoms. The number of fused-ring (bicyclic) bond motifs is 4. The highest BCUT2D eigenvalue weighted by Gasteiger charge is 2.53. The van der Waals surface area contributed by atoms with Gasteiger partial charge in [-0.05, 0) is 74.8 Å². The molecule has 30 heavy (non-hydrogen) atoms. The summed E-state index contributed by atoms with van der Waals surface area (Å²) in [5.41, 5.74) is 2.64. The van der Waals surface area contributed by atoms with Crippen LogP contribution in [0.4, 0.5) is 0 Å². The third-order valence-electron chi connectivity index (χ3n) is 7.20. The Morgan fingerprint density at radius 3 is 2.67 bits per heavy atom. The predicted molar refractivity (Wildman–Crippen MR) is 124 cm³/mol. The molecule has 3 nitrogen and oxygen atoms in total. The van der Waals surface area contributed by atoms with Gasteiger partial charge in [0.1, 0.15) is 5.60 Å². The highest BCUT2D eigenvalue weighted by molar-refractivity contribution is 7.19. The van der Waals surface area contributed by atoms with Gasteiger partial charge in [-0.1, -0.05) is 42.5 Å². The summed E-state index contributed by atoms with van der Waals surface area (Å²) in [6.07, 6.45) is 3.43. The minimum absolute atomic E-state index is 0.110. The molecule has 2 aliphatic rings. The normalized spacial score (nSPS) is 28.9. The fourth-order valence-corrected chi connectivity index (χ4v) is 7.23. The highest BCUT2D eigenvalue weighted by Crippen LogP contribution is 2.56. The number of hydrogen-bond acceptors (Lipinski definition) is 4. The van der Waals surface area contributed by atoms with Crippen LogP contribution in [0.25, 0.3) is 10.1 Å². The molecule has 3 atom stereocenters. The Balaban J connectivity index is 1.59. The Morgan fingerprint density at radius 1 is 1.10 bits per heavy atom. The van der Waals surface area contributed by atoms with Gasteiger partial charge in [0, 0.05) is 22.0 Å². The van der Waals surface area contributed by atoms with E-state index < -0.39 is 5.60 Å². The van der Waals surface area contributed by atoms with Gasteiger partial charge in [-0.25, -0.2) is 0 Å². The first-order valence-corrected chi connectivity index (χ1v) is 11.8. The Morgan fingerprint density at radius 2 is 1.87 bits per heavy atom. The molecule has 0 saturated heterocycles. The SMILES string of the molecule is Cc1ccccc1C1(O)CCC2(CC1CN(C)C)OCCc1c2sc2ccccc12. The van der Waals surface area contributed by atoms with Crippen molar-refractivity contribution >= 4 is 21.4 Å². The first kappa shape index (κ1) is 20.2. The average Bonchev–Trinajstić information content (AvgIpc) is 3.11. The van der Waals surface area contributed by atoms with Crippen molar-refractivity contribution in [2.24, 2.45) is 5.92 Å². The summed E-state index contributed by atoms with van der Waals surface area (Å²) in [4.78, 5) is 3.62. The second-order valence-corrected chi connectivity index (χ2v) is 10.5. The first-order chi connectivity index (χ1) is 14.4. The summed E-state index contributed by atoms with van der Waals surface area (Å²) in [5, 5.41) is 13.4. The molecule has 0 radical (unpaired) electrons. The van der Waals surface area contributed by atoms with Crippen LogP contribution in [0.3, 0.4) is 0 Å². The fraction of sp³-hybridized carbons (Fsp3) is 0.462. The fourth-order valence-electron chi connectivity index (χ4n) is 5.80. The van der Waals surface area contributed by atoms with Gasteiger partial charge < -0.3 is 14.7 Å². The molecule has 1 fully saturated rings. The molecule has 2 aromatic carbocycles. The lowest BCUT2D eigenvalue weighted by Crippen LogP contribution is -2.52. The molecule has 2 heterocycles. The number of rotatable bonds is 3. The van der Waals surface area contributed by atoms with E-state index in [9.17, 15) is 5.11 Å². The van der Waals surface area contributed by atoms with Crippen LogP contribution < -0.4 is 0 Å². The number of hydrogen-bond donors (Lipinski definition) is 1. The summed E-state index contributed by atoms with van der Waals surface area (Å²) in [7, 11) is 4.21. The van der Waals surface area contributed by atoms with Crippen LogP contribution in [0.15, 0.2) is 48.5 Å². The maximum atomic E-state index is 12.1. The van der Waals surface area contributed by atoms with E-state index in [0.29, 0.717) is 0 Å². The summed E-state index contributed by atoms with van der Waals surface area (Å²) in [6, 6.07) is 17.1. The summed E-state index contributed by atoms with van der Waals surface area (Å²) < 4.78 is 7.97. The van der Waals surface area contributed by atoms with E-state index in [0.717, 1.165) is 44.4 Å². The van der Waals surface area contributed by atoms with Crippen molar-refractivity contribution in [2.45, 2.75) is 43.8 Å². The van der Waals surface area contributed by atoms with E-state index in [1.165, 1.54) is 26.1 Å². The highest BCUT2D eigenvalue weighted by atomic mass is 32.1. The maximum Gasteiger partial charge on any atom is 0.103 e. The molecule has 4 heteroatoms. The maximum absolute atomic E-state index is 12.1. The van der Waals surface area contributed by atoms with Gasteiger partial charge in [-0.15, -0.1) is 11.3 Å². The Labute approximate surface area is 183 Å². The number of nitrogens with zero attached hydrogens (tertiary/aromatic N) is 1. The van der Waals surface area contributed by atoms with Gasteiger partial charge in [0.05, 0.1) is 12.2 Å². The molecular formula is C26H31NO2S. The lowest BCUT2D eigenvalue weighted by atomic mass is 9.64. The van der Waals surface area contributed by atoms with Crippen molar-refractivity contribution in [2.75, 3.05) is 27.2 Å². The van der Waals surface area contributed by atoms with Crippen molar-refractivity contribution in [3.05, 3.63) is 70.1 Å². The first-order valence-electron chi connectivity index (χ1n) is 11.0. The summed E-state index contributed by atoms with van der Waals surface area (Å²) in [6.45, 7) is 3.73. The van der Waals surface area contributed by atoms with Crippen LogP contribution in [0, 0.1) is 12.8 Å². The van der Waals surface area contributed by atoms with Gasteiger partial charge >= 0.3 is 0 Å². The molecular weight excluding hydrogens is 390 g/mol. The van der Waals surface area contributed by atoms with Gasteiger partial charge in [0.25, 0.3) is 0 Å². The molecule has 1 aromatic heterocycles. The topological polar surface area (TPSA) is 32.7 Å². The van der Waals surface area contributed by atoms with Crippen LogP contribution in [0.5, 0.6) is 0 Å². The Hall–Kier alpha value is -1.72. The molecule has 5 rings (SSSR count). The van der Waals surface area contributed by atoms with E-state index >= 15 is 0 Å². The molecule has 1 aliphatic carbocycles. The second-order valence-electron chi connectivity index (χ2n) is 9.40. The van der Waals surface area contributed by atoms with Crippen LogP contribution in [-0.2, 0) is 22.4 Å². The minimum atomic E-state index is -0.821. The molecule has 1 aliphatic heterocycles. The third-order valence-corrected chi connectivity index (χ3v) is 8.60. The Bertz CT molecular complexity index is 1070. The summed E-state index contributed by atoms with van der Waals surface area (Å²) >= 11 is 1.90. The molecule has 1 saturated carbocycles. The largest absolute Gasteiger partial charge is 0.385 e. The van der Waals surface area contributed by atoms with Gasteiger partial charge in [-0.2, -0.15) is 0 Å². The predicted octanol–water partition coefficient (Wildman–Crippen LogP) is 5.23. The lowest BCUT2D eigenvalue weighted by Gasteiger charge is -2.51. The van der Waals surface area contributed by atoms with E-state index in [-0.39, 0.29) is 11.5 Å². The zero-order chi connectivity index (χ0) is 20.9. The van der Waals surface area contributed by atoms with Crippen molar-refractivity contribution in [3.8, 4) is 0 Å². The average molecular weight is 422 g/mol. The zero-order valence-corrected chi connectivity index (χ0v) is 19.0. The van der Waals surface area contributed by atoms with Crippen molar-refractivity contribution in [1.29, 1.82) is 0 Å². The Kier molecular flexibility index (Phi) is 5.02. The quantitative estimate of drug-likeness (QED) is 0.629. The van der Waals surface area contributed by atoms with Crippen LogP contribution in [0.2, 0.25) is 0 Å². The van der Waals surface area contributed by atoms with Crippen molar-refractivity contribution in [1.82, 2.24) is 4.90 Å². The van der Waals surface area contributed by atoms with E-state index in [1.54, 1.807) is 0 Å². The van der Waals surface area contributed by atoms with Gasteiger partial charge in [0.15, 0.2) is 0 Å². The minimum Gasteiger partial charge on any atom is -0.385 e. The number of benzene rings is 2.